The highest BCUT2D eigenvalue weighted by Gasteiger charge is 2.33. The molecule has 3 heteroatoms. The monoisotopic (exact) mass is 248 g/mol. The lowest BCUT2D eigenvalue weighted by atomic mass is 10.2. The Hall–Kier alpha value is -0.800. The smallest absolute Gasteiger partial charge is 0.122 e. The number of hydrogen-bond donors (Lipinski definition) is 1. The lowest BCUT2D eigenvalue weighted by Gasteiger charge is -2.21. The fourth-order valence-corrected chi connectivity index (χ4v) is 2.53. The molecule has 1 N–H and O–H groups in total. The van der Waals surface area contributed by atoms with Crippen LogP contribution in [0.15, 0.2) is 16.7 Å². The Morgan fingerprint density at radius 1 is 1.33 bits per heavy atom. The van der Waals surface area contributed by atoms with Gasteiger partial charge < -0.3 is 9.73 Å². The van der Waals surface area contributed by atoms with Crippen LogP contribution < -0.4 is 5.32 Å². The van der Waals surface area contributed by atoms with Crippen LogP contribution in [0, 0.1) is 5.92 Å². The Kier molecular flexibility index (Phi) is 3.71. The minimum Gasteiger partial charge on any atom is -0.468 e. The molecule has 0 atom stereocenters. The molecule has 0 saturated heterocycles. The summed E-state index contributed by atoms with van der Waals surface area (Å²) in [5.41, 5.74) is 1.38. The number of furan rings is 1. The highest BCUT2D eigenvalue weighted by atomic mass is 16.3. The van der Waals surface area contributed by atoms with Gasteiger partial charge in [0.25, 0.3) is 0 Å². The summed E-state index contributed by atoms with van der Waals surface area (Å²) in [7, 11) is 0. The normalized spacial score (nSPS) is 19.7. The molecule has 1 heterocycles. The summed E-state index contributed by atoms with van der Waals surface area (Å²) < 4.78 is 5.60. The van der Waals surface area contributed by atoms with Crippen LogP contribution in [0.3, 0.4) is 0 Å². The van der Waals surface area contributed by atoms with Gasteiger partial charge in [-0.15, -0.1) is 0 Å². The number of hydrogen-bond acceptors (Lipinski definition) is 3. The maximum absolute atomic E-state index is 5.60. The van der Waals surface area contributed by atoms with E-state index in [1.807, 2.05) is 6.26 Å². The van der Waals surface area contributed by atoms with E-state index in [1.165, 1.54) is 37.8 Å². The second-order valence-electron chi connectivity index (χ2n) is 5.75. The summed E-state index contributed by atoms with van der Waals surface area (Å²) in [4.78, 5) is 2.68. The van der Waals surface area contributed by atoms with Crippen LogP contribution >= 0.6 is 0 Å². The molecule has 3 nitrogen and oxygen atoms in total. The van der Waals surface area contributed by atoms with Gasteiger partial charge in [0.1, 0.15) is 5.76 Å². The first-order valence-corrected chi connectivity index (χ1v) is 7.37. The molecule has 0 unspecified atom stereocenters. The second kappa shape index (κ2) is 5.45. The van der Waals surface area contributed by atoms with E-state index in [1.54, 1.807) is 0 Å². The van der Waals surface area contributed by atoms with E-state index in [0.717, 1.165) is 37.4 Å². The fourth-order valence-electron chi connectivity index (χ4n) is 2.53. The molecule has 2 saturated carbocycles. The second-order valence-corrected chi connectivity index (χ2v) is 5.75. The van der Waals surface area contributed by atoms with Gasteiger partial charge >= 0.3 is 0 Å². The standard InChI is InChI=1S/C15H24N2O/c1-2-16-9-15-13(7-8-18-15)11-17(14-5-6-14)10-12-3-4-12/h7-8,12,14,16H,2-6,9-11H2,1H3. The minimum atomic E-state index is 0.854. The first kappa shape index (κ1) is 12.2. The number of rotatable bonds is 8. The average Bonchev–Trinajstić information content (AvgIpc) is 3.26. The van der Waals surface area contributed by atoms with Gasteiger partial charge in [-0.1, -0.05) is 6.92 Å². The van der Waals surface area contributed by atoms with E-state index < -0.39 is 0 Å². The molecule has 0 aromatic carbocycles. The van der Waals surface area contributed by atoms with Crippen molar-refractivity contribution in [1.82, 2.24) is 10.2 Å². The molecule has 2 aliphatic carbocycles. The predicted molar refractivity (Wildman–Crippen MR) is 72.2 cm³/mol. The third-order valence-corrected chi connectivity index (χ3v) is 4.00. The largest absolute Gasteiger partial charge is 0.468 e. The summed E-state index contributed by atoms with van der Waals surface area (Å²) in [6, 6.07) is 3.00. The molecule has 0 aliphatic heterocycles. The quantitative estimate of drug-likeness (QED) is 0.767. The van der Waals surface area contributed by atoms with E-state index in [2.05, 4.69) is 23.2 Å². The van der Waals surface area contributed by atoms with Gasteiger partial charge in [0.2, 0.25) is 0 Å². The van der Waals surface area contributed by atoms with E-state index in [-0.39, 0.29) is 0 Å². The van der Waals surface area contributed by atoms with Crippen molar-refractivity contribution < 1.29 is 4.42 Å². The Labute approximate surface area is 110 Å². The van der Waals surface area contributed by atoms with Crippen molar-refractivity contribution in [2.75, 3.05) is 13.1 Å². The van der Waals surface area contributed by atoms with E-state index in [0.29, 0.717) is 0 Å². The summed E-state index contributed by atoms with van der Waals surface area (Å²) in [6.45, 7) is 6.37. The van der Waals surface area contributed by atoms with Crippen LogP contribution in [0.2, 0.25) is 0 Å². The highest BCUT2D eigenvalue weighted by molar-refractivity contribution is 5.17. The van der Waals surface area contributed by atoms with Crippen molar-refractivity contribution in [2.45, 2.75) is 51.7 Å². The zero-order valence-corrected chi connectivity index (χ0v) is 11.3. The van der Waals surface area contributed by atoms with Crippen LogP contribution in [0.4, 0.5) is 0 Å². The Bertz CT molecular complexity index is 380. The Balaban J connectivity index is 1.60. The Morgan fingerprint density at radius 3 is 2.83 bits per heavy atom. The Morgan fingerprint density at radius 2 is 2.17 bits per heavy atom. The summed E-state index contributed by atoms with van der Waals surface area (Å²) in [6.07, 6.45) is 7.52. The van der Waals surface area contributed by atoms with Crippen LogP contribution in [0.1, 0.15) is 43.9 Å². The van der Waals surface area contributed by atoms with Gasteiger partial charge in [0.05, 0.1) is 12.8 Å². The molecular formula is C15H24N2O. The van der Waals surface area contributed by atoms with Gasteiger partial charge in [-0.3, -0.25) is 4.90 Å². The third kappa shape index (κ3) is 3.15. The molecule has 0 bridgehead atoms. The van der Waals surface area contributed by atoms with Gasteiger partial charge in [-0.05, 0) is 44.2 Å². The first-order valence-electron chi connectivity index (χ1n) is 7.37. The predicted octanol–water partition coefficient (Wildman–Crippen LogP) is 2.76. The molecule has 100 valence electrons. The minimum absolute atomic E-state index is 0.854. The van der Waals surface area contributed by atoms with Crippen molar-refractivity contribution in [3.8, 4) is 0 Å². The van der Waals surface area contributed by atoms with Crippen LogP contribution in [0.5, 0.6) is 0 Å². The van der Waals surface area contributed by atoms with Crippen molar-refractivity contribution in [3.05, 3.63) is 23.7 Å². The first-order chi connectivity index (χ1) is 8.86. The molecule has 1 aromatic heterocycles. The molecule has 18 heavy (non-hydrogen) atoms. The lowest BCUT2D eigenvalue weighted by Crippen LogP contribution is -2.28. The summed E-state index contributed by atoms with van der Waals surface area (Å²) in [5.74, 6) is 2.10. The maximum atomic E-state index is 5.60. The zero-order chi connectivity index (χ0) is 12.4. The SMILES string of the molecule is CCNCc1occc1CN(CC1CC1)C1CC1. The molecule has 0 amide bonds. The number of nitrogens with zero attached hydrogens (tertiary/aromatic N) is 1. The highest BCUT2D eigenvalue weighted by Crippen LogP contribution is 2.35. The van der Waals surface area contributed by atoms with Gasteiger partial charge in [-0.2, -0.15) is 0 Å². The van der Waals surface area contributed by atoms with E-state index >= 15 is 0 Å². The summed E-state index contributed by atoms with van der Waals surface area (Å²) in [5, 5.41) is 3.35. The van der Waals surface area contributed by atoms with Crippen molar-refractivity contribution in [2.24, 2.45) is 5.92 Å². The van der Waals surface area contributed by atoms with Gasteiger partial charge in [-0.25, -0.2) is 0 Å². The maximum Gasteiger partial charge on any atom is 0.122 e. The molecule has 1 aromatic rings. The molecule has 3 rings (SSSR count). The molecular weight excluding hydrogens is 224 g/mol. The third-order valence-electron chi connectivity index (χ3n) is 4.00. The molecule has 2 fully saturated rings. The van der Waals surface area contributed by atoms with Gasteiger partial charge in [0.15, 0.2) is 0 Å². The van der Waals surface area contributed by atoms with Gasteiger partial charge in [0, 0.05) is 24.7 Å². The summed E-state index contributed by atoms with van der Waals surface area (Å²) >= 11 is 0. The molecule has 0 spiro atoms. The topological polar surface area (TPSA) is 28.4 Å². The van der Waals surface area contributed by atoms with Crippen LogP contribution in [-0.4, -0.2) is 24.0 Å². The van der Waals surface area contributed by atoms with E-state index in [9.17, 15) is 0 Å². The van der Waals surface area contributed by atoms with E-state index in [4.69, 9.17) is 4.42 Å². The lowest BCUT2D eigenvalue weighted by molar-refractivity contribution is 0.242. The molecule has 2 aliphatic rings. The zero-order valence-electron chi connectivity index (χ0n) is 11.3. The van der Waals surface area contributed by atoms with Crippen LogP contribution in [0.25, 0.3) is 0 Å². The molecule has 0 radical (unpaired) electrons. The van der Waals surface area contributed by atoms with Crippen molar-refractivity contribution >= 4 is 0 Å². The fraction of sp³-hybridized carbons (Fsp3) is 0.733. The van der Waals surface area contributed by atoms with Crippen molar-refractivity contribution in [1.29, 1.82) is 0 Å². The van der Waals surface area contributed by atoms with Crippen molar-refractivity contribution in [3.63, 3.8) is 0 Å². The average molecular weight is 248 g/mol. The number of nitrogens with one attached hydrogen (secondary N) is 1. The van der Waals surface area contributed by atoms with Crippen LogP contribution in [-0.2, 0) is 13.1 Å².